The van der Waals surface area contributed by atoms with Crippen LogP contribution < -0.4 is 21.9 Å². The molecule has 2 aliphatic rings. The number of hydrogen-bond donors (Lipinski definition) is 2. The molecule has 5 heterocycles. The van der Waals surface area contributed by atoms with E-state index in [1.54, 1.807) is 21.4 Å². The number of aromatic nitrogens is 6. The minimum atomic E-state index is -0.836. The van der Waals surface area contributed by atoms with Gasteiger partial charge in [-0.15, -0.1) is 4.91 Å². The summed E-state index contributed by atoms with van der Waals surface area (Å²) in [5.74, 6) is 0.200. The van der Waals surface area contributed by atoms with Gasteiger partial charge in [-0.1, -0.05) is 18.2 Å². The van der Waals surface area contributed by atoms with Crippen molar-refractivity contribution in [3.05, 3.63) is 70.1 Å². The van der Waals surface area contributed by atoms with E-state index in [0.29, 0.717) is 35.4 Å². The lowest BCUT2D eigenvalue weighted by atomic mass is 10.1. The van der Waals surface area contributed by atoms with Crippen molar-refractivity contribution in [1.29, 1.82) is 0 Å². The lowest BCUT2D eigenvalue weighted by Gasteiger charge is -2.26. The minimum absolute atomic E-state index is 0.0755. The van der Waals surface area contributed by atoms with E-state index in [1.807, 2.05) is 44.2 Å². The molecule has 1 aromatic carbocycles. The van der Waals surface area contributed by atoms with Crippen LogP contribution in [0.25, 0.3) is 11.2 Å². The second-order valence-corrected chi connectivity index (χ2v) is 11.6. The van der Waals surface area contributed by atoms with Gasteiger partial charge in [0.2, 0.25) is 0 Å². The highest BCUT2D eigenvalue weighted by Crippen LogP contribution is 2.45. The maximum atomic E-state index is 12.5. The van der Waals surface area contributed by atoms with Crippen molar-refractivity contribution in [2.45, 2.75) is 63.7 Å². The molecule has 0 amide bonds. The number of benzene rings is 1. The summed E-state index contributed by atoms with van der Waals surface area (Å²) >= 11 is 0.749. The average Bonchev–Trinajstić information content (AvgIpc) is 3.66. The van der Waals surface area contributed by atoms with Gasteiger partial charge in [0.1, 0.15) is 54.4 Å². The summed E-state index contributed by atoms with van der Waals surface area (Å²) in [6, 6.07) is 9.30. The van der Waals surface area contributed by atoms with Crippen LogP contribution >= 0.6 is 12.1 Å². The Bertz CT molecular complexity index is 1680. The van der Waals surface area contributed by atoms with Crippen molar-refractivity contribution < 1.29 is 18.9 Å². The number of hydrogen-bond acceptors (Lipinski definition) is 15. The van der Waals surface area contributed by atoms with E-state index in [9.17, 15) is 9.70 Å². The number of rotatable bonds is 12. The molecule has 0 spiro atoms. The van der Waals surface area contributed by atoms with Gasteiger partial charge < -0.3 is 30.4 Å². The Hall–Kier alpha value is -4.16. The second kappa shape index (κ2) is 12.4. The molecular formula is C27H32N10O6S. The summed E-state index contributed by atoms with van der Waals surface area (Å²) in [6.07, 6.45) is 3.22. The van der Waals surface area contributed by atoms with Crippen LogP contribution in [-0.4, -0.2) is 70.6 Å². The SMILES string of the molecule is CC1(C)OC2C(CCN(Cc3cn(CCOc4ccccc4)c(=O)nc3N)SN=O)OC(n3cnc4c(N)ncnc43)C2O1. The van der Waals surface area contributed by atoms with Crippen LogP contribution in [0.2, 0.25) is 0 Å². The molecule has 4 atom stereocenters. The zero-order valence-electron chi connectivity index (χ0n) is 24.1. The monoisotopic (exact) mass is 624 g/mol. The van der Waals surface area contributed by atoms with Gasteiger partial charge in [0.05, 0.1) is 19.0 Å². The van der Waals surface area contributed by atoms with Crippen LogP contribution in [0.3, 0.4) is 0 Å². The molecule has 0 saturated carbocycles. The number of nitrogen functional groups attached to an aromatic ring is 2. The second-order valence-electron chi connectivity index (χ2n) is 10.8. The van der Waals surface area contributed by atoms with Gasteiger partial charge in [0, 0.05) is 29.4 Å². The van der Waals surface area contributed by atoms with Crippen molar-refractivity contribution in [1.82, 2.24) is 33.4 Å². The predicted molar refractivity (Wildman–Crippen MR) is 161 cm³/mol. The molecular weight excluding hydrogens is 592 g/mol. The Morgan fingerprint density at radius 3 is 2.70 bits per heavy atom. The molecule has 2 saturated heterocycles. The fourth-order valence-electron chi connectivity index (χ4n) is 5.44. The van der Waals surface area contributed by atoms with Crippen LogP contribution in [-0.2, 0) is 27.3 Å². The van der Waals surface area contributed by atoms with Crippen LogP contribution in [0.15, 0.2) is 58.6 Å². The van der Waals surface area contributed by atoms with E-state index in [1.165, 1.54) is 10.9 Å². The molecule has 0 bridgehead atoms. The molecule has 2 aliphatic heterocycles. The molecule has 6 rings (SSSR count). The Balaban J connectivity index is 1.15. The molecule has 3 aromatic heterocycles. The van der Waals surface area contributed by atoms with E-state index in [0.717, 1.165) is 12.1 Å². The fourth-order valence-corrected chi connectivity index (χ4v) is 5.92. The quantitative estimate of drug-likeness (QED) is 0.172. The van der Waals surface area contributed by atoms with Crippen LogP contribution in [0.4, 0.5) is 11.6 Å². The third-order valence-corrected chi connectivity index (χ3v) is 8.00. The van der Waals surface area contributed by atoms with Gasteiger partial charge in [-0.05, 0) is 32.4 Å². The van der Waals surface area contributed by atoms with Crippen molar-refractivity contribution in [2.24, 2.45) is 4.58 Å². The number of nitrogens with zero attached hydrogens (tertiary/aromatic N) is 8. The Morgan fingerprint density at radius 2 is 1.91 bits per heavy atom. The average molecular weight is 625 g/mol. The first-order chi connectivity index (χ1) is 21.2. The van der Waals surface area contributed by atoms with E-state index in [-0.39, 0.29) is 31.3 Å². The molecule has 16 nitrogen and oxygen atoms in total. The number of para-hydroxylation sites is 1. The standard InChI is InChI=1S/C27H32N10O6S/c1-27(2)42-20-18(41-25(21(20)43-27)37-15-32-19-23(29)30-14-31-24(19)37)8-9-36(44-34-39)13-16-12-35(26(38)33-22(16)28)10-11-40-17-6-4-3-5-7-17/h3-7,12,14-15,18,20-21,25H,8-11,13H2,1-2H3,(H2,28,33,38)(H2,29,30,31). The fraction of sp³-hybridized carbons (Fsp3) is 0.444. The maximum Gasteiger partial charge on any atom is 0.349 e. The van der Waals surface area contributed by atoms with E-state index in [2.05, 4.69) is 24.5 Å². The van der Waals surface area contributed by atoms with Crippen molar-refractivity contribution in [3.8, 4) is 5.75 Å². The van der Waals surface area contributed by atoms with Gasteiger partial charge in [-0.25, -0.2) is 24.1 Å². The third kappa shape index (κ3) is 6.22. The molecule has 2 fully saturated rings. The first kappa shape index (κ1) is 29.9. The normalized spacial score (nSPS) is 22.4. The summed E-state index contributed by atoms with van der Waals surface area (Å²) in [7, 11) is 0. The van der Waals surface area contributed by atoms with Crippen LogP contribution in [0.5, 0.6) is 5.75 Å². The lowest BCUT2D eigenvalue weighted by molar-refractivity contribution is -0.197. The summed E-state index contributed by atoms with van der Waals surface area (Å²) in [5, 5.41) is 0. The van der Waals surface area contributed by atoms with Gasteiger partial charge in [-0.3, -0.25) is 9.13 Å². The van der Waals surface area contributed by atoms with Crippen molar-refractivity contribution >= 4 is 34.9 Å². The number of imidazole rings is 1. The lowest BCUT2D eigenvalue weighted by Crippen LogP contribution is -2.32. The van der Waals surface area contributed by atoms with Gasteiger partial charge in [-0.2, -0.15) is 4.98 Å². The Morgan fingerprint density at radius 1 is 1.11 bits per heavy atom. The molecule has 44 heavy (non-hydrogen) atoms. The Kier molecular flexibility index (Phi) is 8.46. The molecule has 4 aromatic rings. The first-order valence-electron chi connectivity index (χ1n) is 13.9. The number of nitroso groups, excluding NO2 is 1. The largest absolute Gasteiger partial charge is 0.492 e. The van der Waals surface area contributed by atoms with E-state index < -0.39 is 36.0 Å². The topological polar surface area (TPSA) is 200 Å². The van der Waals surface area contributed by atoms with Gasteiger partial charge in [0.25, 0.3) is 0 Å². The van der Waals surface area contributed by atoms with Crippen LogP contribution in [0.1, 0.15) is 32.1 Å². The molecule has 0 radical (unpaired) electrons. The molecule has 4 unspecified atom stereocenters. The highest BCUT2D eigenvalue weighted by molar-refractivity contribution is 7.95. The smallest absolute Gasteiger partial charge is 0.349 e. The zero-order valence-corrected chi connectivity index (χ0v) is 24.9. The van der Waals surface area contributed by atoms with Gasteiger partial charge >= 0.3 is 5.69 Å². The van der Waals surface area contributed by atoms with Crippen LogP contribution in [0, 0.1) is 4.91 Å². The summed E-state index contributed by atoms with van der Waals surface area (Å²) in [6.45, 7) is 4.79. The highest BCUT2D eigenvalue weighted by atomic mass is 32.2. The molecule has 0 aliphatic carbocycles. The number of anilines is 2. The van der Waals surface area contributed by atoms with E-state index in [4.69, 9.17) is 30.4 Å². The number of ether oxygens (including phenoxy) is 4. The Labute approximate surface area is 255 Å². The molecule has 17 heteroatoms. The van der Waals surface area contributed by atoms with E-state index >= 15 is 0 Å². The zero-order chi connectivity index (χ0) is 30.8. The number of fused-ring (bicyclic) bond motifs is 2. The summed E-state index contributed by atoms with van der Waals surface area (Å²) in [4.78, 5) is 40.6. The predicted octanol–water partition coefficient (Wildman–Crippen LogP) is 2.27. The molecule has 4 N–H and O–H groups in total. The highest BCUT2D eigenvalue weighted by Gasteiger charge is 2.56. The molecule has 232 valence electrons. The number of nitrogens with two attached hydrogens (primary N) is 2. The first-order valence-corrected chi connectivity index (χ1v) is 14.7. The maximum absolute atomic E-state index is 12.5. The van der Waals surface area contributed by atoms with Gasteiger partial charge in [0.15, 0.2) is 23.5 Å². The third-order valence-electron chi connectivity index (χ3n) is 7.39. The minimum Gasteiger partial charge on any atom is -0.492 e. The summed E-state index contributed by atoms with van der Waals surface area (Å²) < 4.78 is 32.6. The van der Waals surface area contributed by atoms with Crippen molar-refractivity contribution in [2.75, 3.05) is 24.6 Å². The summed E-state index contributed by atoms with van der Waals surface area (Å²) in [5.41, 5.74) is 13.2. The van der Waals surface area contributed by atoms with Crippen molar-refractivity contribution in [3.63, 3.8) is 0 Å².